The quantitative estimate of drug-likeness (QED) is 0.0206. The van der Waals surface area contributed by atoms with Crippen LogP contribution in [0.3, 0.4) is 0 Å². The van der Waals surface area contributed by atoms with Gasteiger partial charge in [0.25, 0.3) is 0 Å². The van der Waals surface area contributed by atoms with Gasteiger partial charge in [0, 0.05) is 6.42 Å². The Bertz CT molecular complexity index is 1380. The standard InChI is InChI=1S/C57H103NO13/c1-3-5-7-9-11-13-14-15-16-17-18-19-20-21-22-23-24-25-26-27-28-29-30-31-32-33-35-37-39-41-49(62)58-45(46(61)40-38-36-34-12-10-8-6-4-2)44-68-56-54(67)52(65)55(48(43-60)70-56)71-57-53(66)51(64)50(63)47(42-59)69-57/h14-15,17-18,20-21,38,40,45-48,50-57,59-61,63-67H,3-13,16,19,22-37,39,41-44H2,1-2H3,(H,58,62)/b15-14-,18-17-,21-20-,40-38+. The van der Waals surface area contributed by atoms with E-state index in [1.54, 1.807) is 6.08 Å². The number of amides is 1. The number of nitrogens with one attached hydrogen (secondary N) is 1. The topological polar surface area (TPSA) is 228 Å². The summed E-state index contributed by atoms with van der Waals surface area (Å²) in [5.41, 5.74) is 0. The van der Waals surface area contributed by atoms with Gasteiger partial charge in [0.1, 0.15) is 48.8 Å². The van der Waals surface area contributed by atoms with Gasteiger partial charge in [0.05, 0.1) is 32.0 Å². The molecule has 0 radical (unpaired) electrons. The molecule has 14 nitrogen and oxygen atoms in total. The van der Waals surface area contributed by atoms with Crippen LogP contribution >= 0.6 is 0 Å². The molecule has 0 aromatic heterocycles. The minimum Gasteiger partial charge on any atom is -0.394 e. The molecule has 2 heterocycles. The molecule has 71 heavy (non-hydrogen) atoms. The minimum atomic E-state index is -1.79. The first kappa shape index (κ1) is 65.1. The van der Waals surface area contributed by atoms with E-state index in [0.717, 1.165) is 57.8 Å². The number of ether oxygens (including phenoxy) is 4. The zero-order valence-electron chi connectivity index (χ0n) is 44.2. The predicted molar refractivity (Wildman–Crippen MR) is 281 cm³/mol. The Labute approximate surface area is 429 Å². The number of carbonyl (C=O) groups excluding carboxylic acids is 1. The Balaban J connectivity index is 1.65. The molecular weight excluding hydrogens is 907 g/mol. The Morgan fingerprint density at radius 3 is 1.42 bits per heavy atom. The fourth-order valence-corrected chi connectivity index (χ4v) is 9.12. The largest absolute Gasteiger partial charge is 0.394 e. The van der Waals surface area contributed by atoms with Crippen molar-refractivity contribution in [1.29, 1.82) is 0 Å². The van der Waals surface area contributed by atoms with E-state index in [1.165, 1.54) is 128 Å². The van der Waals surface area contributed by atoms with Crippen LogP contribution in [0.2, 0.25) is 0 Å². The third-order valence-corrected chi connectivity index (χ3v) is 13.8. The predicted octanol–water partition coefficient (Wildman–Crippen LogP) is 8.83. The lowest BCUT2D eigenvalue weighted by Crippen LogP contribution is -2.65. The van der Waals surface area contributed by atoms with Gasteiger partial charge >= 0.3 is 0 Å². The molecule has 2 saturated heterocycles. The molecule has 0 aliphatic carbocycles. The number of aliphatic hydroxyl groups excluding tert-OH is 8. The number of hydrogen-bond donors (Lipinski definition) is 9. The van der Waals surface area contributed by atoms with Gasteiger partial charge in [-0.1, -0.05) is 197 Å². The monoisotopic (exact) mass is 1010 g/mol. The number of hydrogen-bond acceptors (Lipinski definition) is 13. The average Bonchev–Trinajstić information content (AvgIpc) is 3.37. The molecule has 414 valence electrons. The number of allylic oxidation sites excluding steroid dienone is 7. The average molecular weight is 1010 g/mol. The second kappa shape index (κ2) is 43.2. The van der Waals surface area contributed by atoms with Gasteiger partial charge in [-0.05, 0) is 57.8 Å². The SMILES string of the molecule is CCCCCCC/C=C\C/C=C\C/C=C\CCCCCCCCCCCCCCCCC(=O)NC(COC1OC(CO)C(OC2OC(CO)C(O)C(O)C2O)C(O)C1O)C(O)/C=C/CCCCCCCC. The van der Waals surface area contributed by atoms with Crippen molar-refractivity contribution >= 4 is 5.91 Å². The summed E-state index contributed by atoms with van der Waals surface area (Å²) in [5, 5.41) is 86.6. The molecule has 0 bridgehead atoms. The molecule has 0 saturated carbocycles. The number of carbonyl (C=O) groups is 1. The Hall–Kier alpha value is -2.05. The zero-order chi connectivity index (χ0) is 51.7. The van der Waals surface area contributed by atoms with Crippen LogP contribution in [0.5, 0.6) is 0 Å². The molecule has 2 aliphatic heterocycles. The first-order valence-electron chi connectivity index (χ1n) is 28.4. The van der Waals surface area contributed by atoms with E-state index in [0.29, 0.717) is 6.42 Å². The van der Waals surface area contributed by atoms with Crippen LogP contribution in [0.4, 0.5) is 0 Å². The summed E-state index contributed by atoms with van der Waals surface area (Å²) >= 11 is 0. The first-order valence-corrected chi connectivity index (χ1v) is 28.4. The third kappa shape index (κ3) is 29.6. The summed E-state index contributed by atoms with van der Waals surface area (Å²) in [5.74, 6) is -0.244. The van der Waals surface area contributed by atoms with E-state index in [9.17, 15) is 45.6 Å². The van der Waals surface area contributed by atoms with E-state index >= 15 is 0 Å². The molecule has 1 amide bonds. The number of rotatable bonds is 44. The van der Waals surface area contributed by atoms with Crippen LogP contribution in [0, 0.1) is 0 Å². The second-order valence-electron chi connectivity index (χ2n) is 20.1. The fraction of sp³-hybridized carbons (Fsp3) is 0.842. The molecule has 14 heteroatoms. The lowest BCUT2D eigenvalue weighted by atomic mass is 9.97. The molecule has 2 rings (SSSR count). The minimum absolute atomic E-state index is 0.244. The van der Waals surface area contributed by atoms with E-state index < -0.39 is 86.8 Å². The van der Waals surface area contributed by atoms with Crippen molar-refractivity contribution in [3.63, 3.8) is 0 Å². The van der Waals surface area contributed by atoms with Gasteiger partial charge in [0.2, 0.25) is 5.91 Å². The summed E-state index contributed by atoms with van der Waals surface area (Å²) in [6.45, 7) is 2.72. The van der Waals surface area contributed by atoms with Crippen LogP contribution in [-0.4, -0.2) is 140 Å². The van der Waals surface area contributed by atoms with E-state index in [1.807, 2.05) is 6.08 Å². The second-order valence-corrected chi connectivity index (χ2v) is 20.1. The number of unbranched alkanes of at least 4 members (excludes halogenated alkanes) is 25. The van der Waals surface area contributed by atoms with E-state index in [2.05, 4.69) is 55.6 Å². The summed E-state index contributed by atoms with van der Waals surface area (Å²) in [7, 11) is 0. The fourth-order valence-electron chi connectivity index (χ4n) is 9.12. The highest BCUT2D eigenvalue weighted by atomic mass is 16.7. The van der Waals surface area contributed by atoms with Crippen molar-refractivity contribution in [2.24, 2.45) is 0 Å². The Kier molecular flexibility index (Phi) is 39.6. The summed E-state index contributed by atoms with van der Waals surface area (Å²) in [6, 6.07) is -0.912. The Morgan fingerprint density at radius 2 is 0.930 bits per heavy atom. The van der Waals surface area contributed by atoms with Crippen LogP contribution in [0.15, 0.2) is 48.6 Å². The summed E-state index contributed by atoms with van der Waals surface area (Å²) in [4.78, 5) is 13.2. The molecule has 12 unspecified atom stereocenters. The molecule has 12 atom stereocenters. The highest BCUT2D eigenvalue weighted by Gasteiger charge is 2.51. The highest BCUT2D eigenvalue weighted by molar-refractivity contribution is 5.76. The van der Waals surface area contributed by atoms with Crippen molar-refractivity contribution in [1.82, 2.24) is 5.32 Å². The first-order chi connectivity index (χ1) is 34.6. The lowest BCUT2D eigenvalue weighted by molar-refractivity contribution is -0.359. The smallest absolute Gasteiger partial charge is 0.220 e. The molecule has 9 N–H and O–H groups in total. The van der Waals surface area contributed by atoms with Crippen molar-refractivity contribution in [3.05, 3.63) is 48.6 Å². The molecule has 2 aliphatic rings. The van der Waals surface area contributed by atoms with E-state index in [-0.39, 0.29) is 18.9 Å². The van der Waals surface area contributed by atoms with Crippen LogP contribution in [0.1, 0.15) is 213 Å². The summed E-state index contributed by atoms with van der Waals surface area (Å²) < 4.78 is 22.7. The maximum Gasteiger partial charge on any atom is 0.220 e. The maximum absolute atomic E-state index is 13.2. The van der Waals surface area contributed by atoms with Gasteiger partial charge in [0.15, 0.2) is 12.6 Å². The van der Waals surface area contributed by atoms with Crippen LogP contribution in [0.25, 0.3) is 0 Å². The lowest BCUT2D eigenvalue weighted by Gasteiger charge is -2.46. The normalized spacial score (nSPS) is 26.1. The van der Waals surface area contributed by atoms with Crippen LogP contribution < -0.4 is 5.32 Å². The molecular formula is C57H103NO13. The Morgan fingerprint density at radius 1 is 0.507 bits per heavy atom. The van der Waals surface area contributed by atoms with E-state index in [4.69, 9.17) is 18.9 Å². The van der Waals surface area contributed by atoms with Gasteiger partial charge in [-0.25, -0.2) is 0 Å². The molecule has 2 fully saturated rings. The van der Waals surface area contributed by atoms with Crippen LogP contribution in [-0.2, 0) is 23.7 Å². The summed E-state index contributed by atoms with van der Waals surface area (Å²) in [6.07, 6.45) is 36.2. The molecule has 0 spiro atoms. The highest BCUT2D eigenvalue weighted by Crippen LogP contribution is 2.30. The zero-order valence-corrected chi connectivity index (χ0v) is 44.2. The van der Waals surface area contributed by atoms with Gasteiger partial charge < -0.3 is 65.1 Å². The maximum atomic E-state index is 13.2. The third-order valence-electron chi connectivity index (χ3n) is 13.8. The number of aliphatic hydroxyl groups is 8. The van der Waals surface area contributed by atoms with Crippen molar-refractivity contribution in [2.75, 3.05) is 19.8 Å². The van der Waals surface area contributed by atoms with Crippen molar-refractivity contribution in [2.45, 2.75) is 286 Å². The van der Waals surface area contributed by atoms with Gasteiger partial charge in [-0.15, -0.1) is 0 Å². The van der Waals surface area contributed by atoms with Gasteiger partial charge in [-0.2, -0.15) is 0 Å². The van der Waals surface area contributed by atoms with Gasteiger partial charge in [-0.3, -0.25) is 4.79 Å². The van der Waals surface area contributed by atoms with Crippen molar-refractivity contribution in [3.8, 4) is 0 Å². The van der Waals surface area contributed by atoms with Crippen molar-refractivity contribution < 1.29 is 64.6 Å². The molecule has 0 aromatic carbocycles. The molecule has 0 aromatic rings.